The summed E-state index contributed by atoms with van der Waals surface area (Å²) in [4.78, 5) is 9.41. The van der Waals surface area contributed by atoms with Crippen LogP contribution in [0.5, 0.6) is 5.75 Å². The Morgan fingerprint density at radius 1 is 0.971 bits per heavy atom. The molecule has 0 aliphatic carbocycles. The number of unbranched alkanes of at least 4 members (excludes halogenated alkanes) is 2. The van der Waals surface area contributed by atoms with E-state index in [0.29, 0.717) is 17.3 Å². The second kappa shape index (κ2) is 10.7. The van der Waals surface area contributed by atoms with Crippen LogP contribution in [0.1, 0.15) is 50.7 Å². The first-order valence-electron chi connectivity index (χ1n) is 12.4. The molecule has 0 bridgehead atoms. The van der Waals surface area contributed by atoms with E-state index in [1.54, 1.807) is 13.3 Å². The molecule has 184 valence electrons. The number of aromatic nitrogens is 3. The molecule has 0 saturated carbocycles. The molecule has 4 rings (SSSR count). The molecule has 7 nitrogen and oxygen atoms in total. The highest BCUT2D eigenvalue weighted by Crippen LogP contribution is 2.44. The molecule has 0 unspecified atom stereocenters. The van der Waals surface area contributed by atoms with Gasteiger partial charge in [0.2, 0.25) is 5.95 Å². The molecule has 4 aromatic rings. The van der Waals surface area contributed by atoms with E-state index < -0.39 is 0 Å². The molecule has 2 aromatic heterocycles. The van der Waals surface area contributed by atoms with Crippen molar-refractivity contribution in [2.75, 3.05) is 23.9 Å². The van der Waals surface area contributed by atoms with Crippen molar-refractivity contribution in [1.82, 2.24) is 14.5 Å². The van der Waals surface area contributed by atoms with Gasteiger partial charge in [0.1, 0.15) is 5.75 Å². The highest BCUT2D eigenvalue weighted by Gasteiger charge is 2.22. The lowest BCUT2D eigenvalue weighted by Gasteiger charge is -2.23. The average molecular weight is 473 g/mol. The number of para-hydroxylation sites is 1. The number of nitrogen functional groups attached to an aromatic ring is 2. The van der Waals surface area contributed by atoms with Gasteiger partial charge in [-0.15, -0.1) is 0 Å². The third-order valence-corrected chi connectivity index (χ3v) is 6.57. The van der Waals surface area contributed by atoms with Crippen LogP contribution in [0.15, 0.2) is 42.7 Å². The zero-order valence-corrected chi connectivity index (χ0v) is 21.2. The number of anilines is 4. The molecule has 0 spiro atoms. The summed E-state index contributed by atoms with van der Waals surface area (Å²) in [5.41, 5.74) is 20.2. The molecule has 5 N–H and O–H groups in total. The van der Waals surface area contributed by atoms with E-state index >= 15 is 0 Å². The number of aryl methyl sites for hydroxylation is 1. The number of ether oxygens (including phenoxy) is 1. The maximum Gasteiger partial charge on any atom is 0.227 e. The van der Waals surface area contributed by atoms with Crippen molar-refractivity contribution < 1.29 is 4.74 Å². The summed E-state index contributed by atoms with van der Waals surface area (Å²) in [6.45, 7) is 4.32. The van der Waals surface area contributed by atoms with E-state index in [0.717, 1.165) is 83.2 Å². The van der Waals surface area contributed by atoms with E-state index in [4.69, 9.17) is 21.2 Å². The van der Waals surface area contributed by atoms with Crippen molar-refractivity contribution >= 4 is 33.9 Å². The molecule has 2 aromatic carbocycles. The van der Waals surface area contributed by atoms with Crippen LogP contribution in [0.2, 0.25) is 0 Å². The minimum Gasteiger partial charge on any atom is -0.494 e. The van der Waals surface area contributed by atoms with Gasteiger partial charge in [0, 0.05) is 47.0 Å². The number of fused-ring (bicyclic) bond motifs is 1. The minimum atomic E-state index is 0.497. The molecule has 7 heteroatoms. The summed E-state index contributed by atoms with van der Waals surface area (Å²) in [6, 6.07) is 10.3. The topological polar surface area (TPSA) is 104 Å². The van der Waals surface area contributed by atoms with Crippen LogP contribution in [-0.4, -0.2) is 21.6 Å². The van der Waals surface area contributed by atoms with Crippen LogP contribution < -0.4 is 21.5 Å². The van der Waals surface area contributed by atoms with Crippen molar-refractivity contribution in [3.05, 3.63) is 53.9 Å². The average Bonchev–Trinajstić information content (AvgIpc) is 3.22. The normalized spacial score (nSPS) is 11.2. The number of nitrogens with two attached hydrogens (primary N) is 2. The van der Waals surface area contributed by atoms with Gasteiger partial charge < -0.3 is 26.1 Å². The number of rotatable bonds is 10. The van der Waals surface area contributed by atoms with Crippen LogP contribution in [0.4, 0.5) is 23.0 Å². The quantitative estimate of drug-likeness (QED) is 0.236. The molecule has 0 aliphatic rings. The van der Waals surface area contributed by atoms with Gasteiger partial charge in [-0.3, -0.25) is 0 Å². The number of benzene rings is 2. The van der Waals surface area contributed by atoms with Gasteiger partial charge in [-0.2, -0.15) is 0 Å². The molecule has 0 amide bonds. The summed E-state index contributed by atoms with van der Waals surface area (Å²) in [7, 11) is 3.73. The van der Waals surface area contributed by atoms with Gasteiger partial charge >= 0.3 is 0 Å². The van der Waals surface area contributed by atoms with Gasteiger partial charge in [0.25, 0.3) is 0 Å². The number of hydrogen-bond acceptors (Lipinski definition) is 6. The molecule has 0 saturated heterocycles. The molecular formula is C28H36N6O. The lowest BCUT2D eigenvalue weighted by atomic mass is 9.95. The van der Waals surface area contributed by atoms with Crippen molar-refractivity contribution in [3.63, 3.8) is 0 Å². The maximum absolute atomic E-state index is 6.60. The smallest absolute Gasteiger partial charge is 0.227 e. The Balaban J connectivity index is 1.81. The van der Waals surface area contributed by atoms with Crippen molar-refractivity contribution in [3.8, 4) is 17.0 Å². The van der Waals surface area contributed by atoms with Crippen molar-refractivity contribution in [2.45, 2.75) is 52.4 Å². The Kier molecular flexibility index (Phi) is 7.44. The van der Waals surface area contributed by atoms with Crippen molar-refractivity contribution in [1.29, 1.82) is 0 Å². The van der Waals surface area contributed by atoms with Gasteiger partial charge in [-0.1, -0.05) is 44.9 Å². The van der Waals surface area contributed by atoms with Crippen LogP contribution in [-0.2, 0) is 19.9 Å². The summed E-state index contributed by atoms with van der Waals surface area (Å²) in [5.74, 6) is 1.23. The van der Waals surface area contributed by atoms with E-state index in [1.807, 2.05) is 25.2 Å². The SMILES string of the molecule is CCCCc1c(N)c(N)c(CCCC)c(OC)c1Nc1nccc(-c2cn(C)c3ccccc23)n1. The predicted molar refractivity (Wildman–Crippen MR) is 146 cm³/mol. The first kappa shape index (κ1) is 24.4. The molecule has 2 heterocycles. The van der Waals surface area contributed by atoms with Gasteiger partial charge in [0.15, 0.2) is 0 Å². The Morgan fingerprint density at radius 3 is 2.37 bits per heavy atom. The zero-order chi connectivity index (χ0) is 24.9. The fraction of sp³-hybridized carbons (Fsp3) is 0.357. The Labute approximate surface area is 207 Å². The fourth-order valence-corrected chi connectivity index (χ4v) is 4.67. The van der Waals surface area contributed by atoms with Gasteiger partial charge in [-0.25, -0.2) is 9.97 Å². The molecule has 0 radical (unpaired) electrons. The highest BCUT2D eigenvalue weighted by molar-refractivity contribution is 5.95. The summed E-state index contributed by atoms with van der Waals surface area (Å²) in [5, 5.41) is 4.61. The molecule has 0 atom stereocenters. The molecular weight excluding hydrogens is 436 g/mol. The first-order chi connectivity index (χ1) is 17.0. The van der Waals surface area contributed by atoms with Crippen LogP contribution in [0.3, 0.4) is 0 Å². The summed E-state index contributed by atoms with van der Waals surface area (Å²) < 4.78 is 8.04. The highest BCUT2D eigenvalue weighted by atomic mass is 16.5. The summed E-state index contributed by atoms with van der Waals surface area (Å²) >= 11 is 0. The largest absolute Gasteiger partial charge is 0.494 e. The first-order valence-corrected chi connectivity index (χ1v) is 12.4. The predicted octanol–water partition coefficient (Wildman–Crippen LogP) is 6.24. The van der Waals surface area contributed by atoms with Gasteiger partial charge in [0.05, 0.1) is 29.9 Å². The minimum absolute atomic E-state index is 0.497. The molecule has 0 fully saturated rings. The van der Waals surface area contributed by atoms with E-state index in [-0.39, 0.29) is 0 Å². The van der Waals surface area contributed by atoms with E-state index in [9.17, 15) is 0 Å². The maximum atomic E-state index is 6.60. The lowest BCUT2D eigenvalue weighted by Crippen LogP contribution is -2.12. The second-order valence-electron chi connectivity index (χ2n) is 8.96. The van der Waals surface area contributed by atoms with Crippen LogP contribution >= 0.6 is 0 Å². The lowest BCUT2D eigenvalue weighted by molar-refractivity contribution is 0.411. The van der Waals surface area contributed by atoms with Crippen LogP contribution in [0, 0.1) is 0 Å². The van der Waals surface area contributed by atoms with Gasteiger partial charge in [-0.05, 0) is 37.8 Å². The standard InChI is InChI=1S/C28H36N6O/c1-5-7-11-19-24(29)25(30)20(12-8-6-2)27(35-4)26(19)33-28-31-16-15-22(32-28)21-17-34(3)23-14-10-9-13-18(21)23/h9-10,13-17H,5-8,11-12,29-30H2,1-4H3,(H,31,32,33). The number of nitrogens with one attached hydrogen (secondary N) is 1. The van der Waals surface area contributed by atoms with E-state index in [2.05, 4.69) is 47.0 Å². The van der Waals surface area contributed by atoms with E-state index in [1.165, 1.54) is 0 Å². The zero-order valence-electron chi connectivity index (χ0n) is 21.2. The fourth-order valence-electron chi connectivity index (χ4n) is 4.67. The third kappa shape index (κ3) is 4.76. The number of nitrogens with zero attached hydrogens (tertiary/aromatic N) is 3. The Bertz CT molecular complexity index is 1330. The molecule has 0 aliphatic heterocycles. The number of hydrogen-bond donors (Lipinski definition) is 3. The van der Waals surface area contributed by atoms with Crippen LogP contribution in [0.25, 0.3) is 22.2 Å². The second-order valence-corrected chi connectivity index (χ2v) is 8.96. The number of methoxy groups -OCH3 is 1. The van der Waals surface area contributed by atoms with Crippen molar-refractivity contribution in [2.24, 2.45) is 7.05 Å². The molecule has 35 heavy (non-hydrogen) atoms. The third-order valence-electron chi connectivity index (χ3n) is 6.57. The Morgan fingerprint density at radius 2 is 1.66 bits per heavy atom. The summed E-state index contributed by atoms with van der Waals surface area (Å²) in [6.07, 6.45) is 9.58. The monoisotopic (exact) mass is 472 g/mol. The Hall–Kier alpha value is -3.74.